The van der Waals surface area contributed by atoms with E-state index < -0.39 is 24.0 Å². The summed E-state index contributed by atoms with van der Waals surface area (Å²) in [5.41, 5.74) is 0.515. The first-order chi connectivity index (χ1) is 10.4. The van der Waals surface area contributed by atoms with Crippen molar-refractivity contribution in [2.24, 2.45) is 0 Å². The van der Waals surface area contributed by atoms with Gasteiger partial charge in [-0.05, 0) is 6.92 Å². The molecule has 0 saturated carbocycles. The van der Waals surface area contributed by atoms with Crippen molar-refractivity contribution in [3.05, 3.63) is 35.9 Å². The van der Waals surface area contributed by atoms with E-state index in [1.165, 1.54) is 14.0 Å². The summed E-state index contributed by atoms with van der Waals surface area (Å²) in [7, 11) is 1.36. The Morgan fingerprint density at radius 1 is 1.09 bits per heavy atom. The highest BCUT2D eigenvalue weighted by Gasteiger charge is 2.20. The molecule has 1 atom stereocenters. The molecule has 0 saturated heterocycles. The molecule has 0 heterocycles. The molecule has 1 aromatic carbocycles. The normalized spacial score (nSPS) is 11.2. The number of ketones is 1. The predicted molar refractivity (Wildman–Crippen MR) is 78.2 cm³/mol. The lowest BCUT2D eigenvalue weighted by molar-refractivity contribution is -0.154. The molecule has 0 aliphatic rings. The number of amides is 3. The fourth-order valence-corrected chi connectivity index (χ4v) is 1.57. The Morgan fingerprint density at radius 2 is 1.73 bits per heavy atom. The predicted octanol–water partition coefficient (Wildman–Crippen LogP) is 1.04. The van der Waals surface area contributed by atoms with Crippen LogP contribution in [0, 0.1) is 0 Å². The molecule has 0 aromatic heterocycles. The second kappa shape index (κ2) is 8.56. The largest absolute Gasteiger partial charge is 0.453 e. The molecule has 0 unspecified atom stereocenters. The molecule has 3 amide bonds. The first-order valence-corrected chi connectivity index (χ1v) is 6.74. The van der Waals surface area contributed by atoms with Gasteiger partial charge < -0.3 is 10.1 Å². The second-order valence-corrected chi connectivity index (χ2v) is 4.49. The van der Waals surface area contributed by atoms with Gasteiger partial charge in [0, 0.05) is 19.0 Å². The Labute approximate surface area is 128 Å². The van der Waals surface area contributed by atoms with Crippen LogP contribution in [0.15, 0.2) is 30.3 Å². The summed E-state index contributed by atoms with van der Waals surface area (Å²) in [5.74, 6) is -1.59. The van der Waals surface area contributed by atoms with Crippen molar-refractivity contribution < 1.29 is 23.9 Å². The van der Waals surface area contributed by atoms with Crippen molar-refractivity contribution in [1.82, 2.24) is 10.6 Å². The standard InChI is InChI=1S/C15H18N2O5/c1-10(14(20)17-15(21)16-2)22-13(19)9-8-12(18)11-6-4-3-5-7-11/h3-7,10H,8-9H2,1-2H3,(H2,16,17,20,21)/t10-/m0/s1. The molecule has 0 aliphatic carbocycles. The van der Waals surface area contributed by atoms with Crippen LogP contribution in [-0.4, -0.2) is 36.8 Å². The van der Waals surface area contributed by atoms with Gasteiger partial charge in [0.1, 0.15) is 0 Å². The highest BCUT2D eigenvalue weighted by Crippen LogP contribution is 2.06. The fraction of sp³-hybridized carbons (Fsp3) is 0.333. The summed E-state index contributed by atoms with van der Waals surface area (Å²) in [4.78, 5) is 45.9. The van der Waals surface area contributed by atoms with Crippen LogP contribution in [0.2, 0.25) is 0 Å². The fourth-order valence-electron chi connectivity index (χ4n) is 1.57. The Hall–Kier alpha value is -2.70. The lowest BCUT2D eigenvalue weighted by atomic mass is 10.1. The first-order valence-electron chi connectivity index (χ1n) is 6.74. The molecule has 7 heteroatoms. The van der Waals surface area contributed by atoms with Crippen LogP contribution in [0.25, 0.3) is 0 Å². The zero-order valence-electron chi connectivity index (χ0n) is 12.4. The molecule has 1 aromatic rings. The summed E-state index contributed by atoms with van der Waals surface area (Å²) in [6.45, 7) is 1.34. The maximum Gasteiger partial charge on any atom is 0.321 e. The number of rotatable bonds is 6. The van der Waals surface area contributed by atoms with E-state index in [4.69, 9.17) is 4.74 Å². The Bertz CT molecular complexity index is 556. The maximum absolute atomic E-state index is 11.8. The lowest BCUT2D eigenvalue weighted by Crippen LogP contribution is -2.43. The minimum Gasteiger partial charge on any atom is -0.453 e. The third-order valence-electron chi connectivity index (χ3n) is 2.79. The van der Waals surface area contributed by atoms with Gasteiger partial charge in [0.25, 0.3) is 5.91 Å². The average molecular weight is 306 g/mol. The van der Waals surface area contributed by atoms with Gasteiger partial charge in [-0.1, -0.05) is 30.3 Å². The van der Waals surface area contributed by atoms with E-state index in [1.54, 1.807) is 30.3 Å². The number of ether oxygens (including phenoxy) is 1. The number of Topliss-reactive ketones (excluding diaryl/α,β-unsaturated/α-hetero) is 1. The van der Waals surface area contributed by atoms with Crippen molar-refractivity contribution in [1.29, 1.82) is 0 Å². The van der Waals surface area contributed by atoms with Crippen molar-refractivity contribution in [2.75, 3.05) is 7.05 Å². The second-order valence-electron chi connectivity index (χ2n) is 4.49. The smallest absolute Gasteiger partial charge is 0.321 e. The molecular formula is C15H18N2O5. The number of benzene rings is 1. The van der Waals surface area contributed by atoms with Crippen LogP contribution in [0.5, 0.6) is 0 Å². The van der Waals surface area contributed by atoms with E-state index in [2.05, 4.69) is 5.32 Å². The molecule has 118 valence electrons. The number of carbonyl (C=O) groups is 4. The minimum atomic E-state index is -1.11. The van der Waals surface area contributed by atoms with Gasteiger partial charge >= 0.3 is 12.0 Å². The number of esters is 1. The molecule has 2 N–H and O–H groups in total. The number of hydrogen-bond donors (Lipinski definition) is 2. The van der Waals surface area contributed by atoms with Gasteiger partial charge in [-0.3, -0.25) is 19.7 Å². The highest BCUT2D eigenvalue weighted by atomic mass is 16.5. The zero-order chi connectivity index (χ0) is 16.5. The van der Waals surface area contributed by atoms with Gasteiger partial charge in [0.2, 0.25) is 0 Å². The minimum absolute atomic E-state index is 0.00731. The first kappa shape index (κ1) is 17.4. The molecule has 1 rings (SSSR count). The quantitative estimate of drug-likeness (QED) is 0.604. The molecule has 0 spiro atoms. The van der Waals surface area contributed by atoms with Crippen LogP contribution in [0.4, 0.5) is 4.79 Å². The number of urea groups is 1. The van der Waals surface area contributed by atoms with Crippen LogP contribution < -0.4 is 10.6 Å². The molecule has 0 bridgehead atoms. The molecular weight excluding hydrogens is 288 g/mol. The van der Waals surface area contributed by atoms with Gasteiger partial charge in [0.15, 0.2) is 11.9 Å². The topological polar surface area (TPSA) is 102 Å². The summed E-state index contributed by atoms with van der Waals surface area (Å²) in [6.07, 6.45) is -1.26. The van der Waals surface area contributed by atoms with Crippen molar-refractivity contribution >= 4 is 23.7 Å². The van der Waals surface area contributed by atoms with E-state index in [0.29, 0.717) is 5.56 Å². The Morgan fingerprint density at radius 3 is 2.32 bits per heavy atom. The van der Waals surface area contributed by atoms with Crippen LogP contribution >= 0.6 is 0 Å². The zero-order valence-corrected chi connectivity index (χ0v) is 12.4. The summed E-state index contributed by atoms with van der Waals surface area (Å²) in [5, 5.41) is 4.20. The lowest BCUT2D eigenvalue weighted by Gasteiger charge is -2.12. The van der Waals surface area contributed by atoms with Crippen LogP contribution in [0.1, 0.15) is 30.1 Å². The molecule has 7 nitrogen and oxygen atoms in total. The SMILES string of the molecule is CNC(=O)NC(=O)[C@H](C)OC(=O)CCC(=O)c1ccccc1. The van der Waals surface area contributed by atoms with Crippen LogP contribution in [0.3, 0.4) is 0 Å². The third kappa shape index (κ3) is 5.74. The van der Waals surface area contributed by atoms with E-state index in [9.17, 15) is 19.2 Å². The summed E-state index contributed by atoms with van der Waals surface area (Å²) in [6, 6.07) is 7.89. The van der Waals surface area contributed by atoms with Crippen LogP contribution in [-0.2, 0) is 14.3 Å². The van der Waals surface area contributed by atoms with Crippen molar-refractivity contribution in [3.8, 4) is 0 Å². The average Bonchev–Trinajstić information content (AvgIpc) is 2.53. The molecule has 22 heavy (non-hydrogen) atoms. The number of hydrogen-bond acceptors (Lipinski definition) is 5. The van der Waals surface area contributed by atoms with E-state index >= 15 is 0 Å². The van der Waals surface area contributed by atoms with E-state index in [0.717, 1.165) is 0 Å². The van der Waals surface area contributed by atoms with Crippen molar-refractivity contribution in [3.63, 3.8) is 0 Å². The maximum atomic E-state index is 11.8. The Balaban J connectivity index is 2.38. The monoisotopic (exact) mass is 306 g/mol. The third-order valence-corrected chi connectivity index (χ3v) is 2.79. The molecule has 0 radical (unpaired) electrons. The van der Waals surface area contributed by atoms with Gasteiger partial charge in [0.05, 0.1) is 6.42 Å². The van der Waals surface area contributed by atoms with E-state index in [1.807, 2.05) is 5.32 Å². The number of carbonyl (C=O) groups excluding carboxylic acids is 4. The molecule has 0 fully saturated rings. The Kier molecular flexibility index (Phi) is 6.75. The van der Waals surface area contributed by atoms with Gasteiger partial charge in [-0.15, -0.1) is 0 Å². The number of imide groups is 1. The summed E-state index contributed by atoms with van der Waals surface area (Å²) >= 11 is 0. The highest BCUT2D eigenvalue weighted by molar-refractivity contribution is 5.98. The van der Waals surface area contributed by atoms with Crippen molar-refractivity contribution in [2.45, 2.75) is 25.9 Å². The van der Waals surface area contributed by atoms with E-state index in [-0.39, 0.29) is 18.6 Å². The van der Waals surface area contributed by atoms with Gasteiger partial charge in [-0.2, -0.15) is 0 Å². The number of nitrogens with one attached hydrogen (secondary N) is 2. The summed E-state index contributed by atoms with van der Waals surface area (Å²) < 4.78 is 4.86. The van der Waals surface area contributed by atoms with Gasteiger partial charge in [-0.25, -0.2) is 4.79 Å². The molecule has 0 aliphatic heterocycles.